The van der Waals surface area contributed by atoms with Crippen LogP contribution in [0.1, 0.15) is 30.1 Å². The van der Waals surface area contributed by atoms with Gasteiger partial charge in [-0.05, 0) is 12.5 Å². The Bertz CT molecular complexity index is 938. The Morgan fingerprint density at radius 2 is 1.82 bits per heavy atom. The van der Waals surface area contributed by atoms with E-state index in [0.29, 0.717) is 34.1 Å². The van der Waals surface area contributed by atoms with E-state index in [1.54, 1.807) is 17.9 Å². The van der Waals surface area contributed by atoms with Crippen LogP contribution in [-0.4, -0.2) is 29.5 Å². The van der Waals surface area contributed by atoms with Gasteiger partial charge in [0.1, 0.15) is 12.4 Å². The summed E-state index contributed by atoms with van der Waals surface area (Å²) in [6, 6.07) is 16.9. The molecule has 6 heteroatoms. The number of carbonyl (C=O) groups is 1. The van der Waals surface area contributed by atoms with Crippen molar-refractivity contribution in [1.29, 1.82) is 0 Å². The normalized spacial score (nSPS) is 10.8. The molecular formula is C22H23ClN2O3. The van der Waals surface area contributed by atoms with Gasteiger partial charge in [-0.3, -0.25) is 0 Å². The summed E-state index contributed by atoms with van der Waals surface area (Å²) >= 11 is 6.75. The first-order valence-corrected chi connectivity index (χ1v) is 9.62. The third kappa shape index (κ3) is 4.26. The molecule has 0 N–H and O–H groups in total. The van der Waals surface area contributed by atoms with Crippen LogP contribution in [0.15, 0.2) is 54.6 Å². The highest BCUT2D eigenvalue weighted by atomic mass is 35.5. The monoisotopic (exact) mass is 398 g/mol. The zero-order chi connectivity index (χ0) is 19.9. The maximum absolute atomic E-state index is 12.6. The van der Waals surface area contributed by atoms with E-state index >= 15 is 0 Å². The number of unbranched alkanes of at least 4 members (excludes halogenated alkanes) is 1. The first-order valence-electron chi connectivity index (χ1n) is 9.24. The number of benzene rings is 2. The lowest BCUT2D eigenvalue weighted by molar-refractivity contribution is 0.0500. The molecule has 1 heterocycles. The first kappa shape index (κ1) is 20.1. The van der Waals surface area contributed by atoms with Crippen molar-refractivity contribution in [3.05, 3.63) is 65.2 Å². The summed E-state index contributed by atoms with van der Waals surface area (Å²) in [6.07, 6.45) is 1.79. The van der Waals surface area contributed by atoms with Crippen LogP contribution in [0.4, 0.5) is 0 Å². The van der Waals surface area contributed by atoms with Gasteiger partial charge >= 0.3 is 5.97 Å². The Labute approximate surface area is 169 Å². The molecule has 0 saturated heterocycles. The lowest BCUT2D eigenvalue weighted by atomic mass is 10.0. The molecule has 0 atom stereocenters. The first-order chi connectivity index (χ1) is 13.7. The van der Waals surface area contributed by atoms with E-state index < -0.39 is 0 Å². The molecule has 0 spiro atoms. The summed E-state index contributed by atoms with van der Waals surface area (Å²) in [5.74, 6) is -0.369. The van der Waals surface area contributed by atoms with Crippen LogP contribution in [0.5, 0.6) is 0 Å². The Kier molecular flexibility index (Phi) is 6.85. The third-order valence-electron chi connectivity index (χ3n) is 4.33. The van der Waals surface area contributed by atoms with Crippen molar-refractivity contribution >= 4 is 17.6 Å². The topological polar surface area (TPSA) is 53.3 Å². The van der Waals surface area contributed by atoms with Gasteiger partial charge in [0.15, 0.2) is 0 Å². The third-order valence-corrected chi connectivity index (χ3v) is 4.68. The minimum Gasteiger partial charge on any atom is -0.462 e. The smallest absolute Gasteiger partial charge is 0.338 e. The number of methoxy groups -OCH3 is 1. The van der Waals surface area contributed by atoms with E-state index in [-0.39, 0.29) is 12.7 Å². The van der Waals surface area contributed by atoms with Gasteiger partial charge in [0.25, 0.3) is 0 Å². The standard InChI is InChI=1S/C22H23ClN2O3/c1-3-4-14-28-22(26)18-13-9-8-12-17(18)21-19(23)20(24-25(21)15-27-2)16-10-6-5-7-11-16/h5-13H,3-4,14-15H2,1-2H3. The number of ether oxygens (including phenoxy) is 2. The molecule has 0 saturated carbocycles. The van der Waals surface area contributed by atoms with Crippen LogP contribution in [0.3, 0.4) is 0 Å². The Morgan fingerprint density at radius 3 is 2.54 bits per heavy atom. The second-order valence-corrected chi connectivity index (χ2v) is 6.71. The lowest BCUT2D eigenvalue weighted by Crippen LogP contribution is -2.10. The molecule has 3 aromatic rings. The molecule has 0 aliphatic rings. The predicted octanol–water partition coefficient (Wildman–Crippen LogP) is 5.43. The summed E-state index contributed by atoms with van der Waals surface area (Å²) in [5, 5.41) is 5.10. The molecule has 146 valence electrons. The van der Waals surface area contributed by atoms with E-state index in [2.05, 4.69) is 12.0 Å². The maximum atomic E-state index is 12.6. The minimum absolute atomic E-state index is 0.209. The van der Waals surface area contributed by atoms with Crippen LogP contribution >= 0.6 is 11.6 Å². The lowest BCUT2D eigenvalue weighted by Gasteiger charge is -2.12. The Balaban J connectivity index is 2.08. The molecule has 28 heavy (non-hydrogen) atoms. The largest absolute Gasteiger partial charge is 0.462 e. The van der Waals surface area contributed by atoms with Crippen molar-refractivity contribution in [2.75, 3.05) is 13.7 Å². The van der Waals surface area contributed by atoms with Crippen LogP contribution in [0, 0.1) is 0 Å². The number of aromatic nitrogens is 2. The van der Waals surface area contributed by atoms with Crippen LogP contribution in [0.2, 0.25) is 5.02 Å². The van der Waals surface area contributed by atoms with Gasteiger partial charge < -0.3 is 9.47 Å². The summed E-state index contributed by atoms with van der Waals surface area (Å²) in [4.78, 5) is 12.6. The fraction of sp³-hybridized carbons (Fsp3) is 0.273. The van der Waals surface area contributed by atoms with Crippen molar-refractivity contribution in [2.45, 2.75) is 26.5 Å². The van der Waals surface area contributed by atoms with Gasteiger partial charge in [0, 0.05) is 18.2 Å². The number of hydrogen-bond acceptors (Lipinski definition) is 4. The second-order valence-electron chi connectivity index (χ2n) is 6.33. The fourth-order valence-corrected chi connectivity index (χ4v) is 3.29. The van der Waals surface area contributed by atoms with Gasteiger partial charge in [-0.2, -0.15) is 5.10 Å². The Morgan fingerprint density at radius 1 is 1.11 bits per heavy atom. The quantitative estimate of drug-likeness (QED) is 0.375. The van der Waals surface area contributed by atoms with E-state index in [0.717, 1.165) is 18.4 Å². The van der Waals surface area contributed by atoms with Gasteiger partial charge in [0.2, 0.25) is 0 Å². The van der Waals surface area contributed by atoms with Crippen LogP contribution < -0.4 is 0 Å². The van der Waals surface area contributed by atoms with Crippen molar-refractivity contribution in [1.82, 2.24) is 9.78 Å². The Hall–Kier alpha value is -2.63. The fourth-order valence-electron chi connectivity index (χ4n) is 2.95. The molecule has 0 fully saturated rings. The van der Waals surface area contributed by atoms with Crippen molar-refractivity contribution in [2.24, 2.45) is 0 Å². The molecule has 0 bridgehead atoms. The molecule has 0 unspecified atom stereocenters. The number of halogens is 1. The zero-order valence-corrected chi connectivity index (χ0v) is 16.8. The van der Waals surface area contributed by atoms with Gasteiger partial charge in [-0.1, -0.05) is 73.5 Å². The van der Waals surface area contributed by atoms with Gasteiger partial charge in [0.05, 0.1) is 22.9 Å². The number of rotatable bonds is 8. The molecule has 0 aliphatic heterocycles. The average Bonchev–Trinajstić information content (AvgIpc) is 3.05. The van der Waals surface area contributed by atoms with Gasteiger partial charge in [-0.25, -0.2) is 9.48 Å². The van der Waals surface area contributed by atoms with Crippen molar-refractivity contribution in [3.8, 4) is 22.5 Å². The predicted molar refractivity (Wildman–Crippen MR) is 110 cm³/mol. The van der Waals surface area contributed by atoms with Gasteiger partial charge in [-0.15, -0.1) is 0 Å². The molecule has 2 aromatic carbocycles. The SMILES string of the molecule is CCCCOC(=O)c1ccccc1-c1c(Cl)c(-c2ccccc2)nn1COC. The van der Waals surface area contributed by atoms with E-state index in [9.17, 15) is 4.79 Å². The second kappa shape index (κ2) is 9.53. The zero-order valence-electron chi connectivity index (χ0n) is 16.0. The highest BCUT2D eigenvalue weighted by Gasteiger charge is 2.23. The summed E-state index contributed by atoms with van der Waals surface area (Å²) < 4.78 is 12.4. The molecule has 1 aromatic heterocycles. The molecule has 0 amide bonds. The summed E-state index contributed by atoms with van der Waals surface area (Å²) in [7, 11) is 1.59. The van der Waals surface area contributed by atoms with E-state index in [1.165, 1.54) is 0 Å². The maximum Gasteiger partial charge on any atom is 0.338 e. The summed E-state index contributed by atoms with van der Waals surface area (Å²) in [6.45, 7) is 2.65. The average molecular weight is 399 g/mol. The number of esters is 1. The van der Waals surface area contributed by atoms with Crippen LogP contribution in [-0.2, 0) is 16.2 Å². The number of carbonyl (C=O) groups excluding carboxylic acids is 1. The molecule has 0 radical (unpaired) electrons. The number of nitrogens with zero attached hydrogens (tertiary/aromatic N) is 2. The van der Waals surface area contributed by atoms with E-state index in [1.807, 2.05) is 48.5 Å². The van der Waals surface area contributed by atoms with Crippen molar-refractivity contribution in [3.63, 3.8) is 0 Å². The van der Waals surface area contributed by atoms with E-state index in [4.69, 9.17) is 21.1 Å². The molecular weight excluding hydrogens is 376 g/mol. The molecule has 0 aliphatic carbocycles. The van der Waals surface area contributed by atoms with Crippen LogP contribution in [0.25, 0.3) is 22.5 Å². The highest BCUT2D eigenvalue weighted by Crippen LogP contribution is 2.38. The van der Waals surface area contributed by atoms with Crippen molar-refractivity contribution < 1.29 is 14.3 Å². The molecule has 5 nitrogen and oxygen atoms in total. The molecule has 3 rings (SSSR count). The highest BCUT2D eigenvalue weighted by molar-refractivity contribution is 6.35. The minimum atomic E-state index is -0.369. The summed E-state index contributed by atoms with van der Waals surface area (Å²) in [5.41, 5.74) is 3.29. The number of hydrogen-bond donors (Lipinski definition) is 0.